The van der Waals surface area contributed by atoms with Crippen molar-refractivity contribution < 1.29 is 41.0 Å². The third-order valence-corrected chi connectivity index (χ3v) is 8.16. The zero-order valence-corrected chi connectivity index (χ0v) is 16.8. The van der Waals surface area contributed by atoms with Crippen molar-refractivity contribution in [2.24, 2.45) is 29.1 Å². The molecule has 1 N–H and O–H groups in total. The molecule has 3 aliphatic carbocycles. The largest absolute Gasteiger partial charge is 0.455 e. The lowest BCUT2D eigenvalue weighted by Crippen LogP contribution is -2.72. The van der Waals surface area contributed by atoms with Gasteiger partial charge in [-0.1, -0.05) is 20.3 Å². The van der Waals surface area contributed by atoms with Crippen LogP contribution in [0.3, 0.4) is 0 Å². The van der Waals surface area contributed by atoms with Crippen LogP contribution in [0.25, 0.3) is 0 Å². The summed E-state index contributed by atoms with van der Waals surface area (Å²) >= 11 is 0. The standard InChI is InChI=1S/C20H28F6O3/c1-11-12(2)14-9-13(11)10-16(14,3)15(27)29-17(7-5-4-6-8-17)18(28,19(21,22)23)20(24,25)26/h11-14,28H,4-10H2,1-3H3. The average molecular weight is 430 g/mol. The topological polar surface area (TPSA) is 46.5 Å². The molecular weight excluding hydrogens is 402 g/mol. The van der Waals surface area contributed by atoms with Crippen LogP contribution in [-0.2, 0) is 9.53 Å². The minimum atomic E-state index is -6.03. The van der Waals surface area contributed by atoms with Gasteiger partial charge in [0.1, 0.15) is 0 Å². The third kappa shape index (κ3) is 3.08. The van der Waals surface area contributed by atoms with Crippen LogP contribution in [0.2, 0.25) is 0 Å². The highest BCUT2D eigenvalue weighted by molar-refractivity contribution is 5.78. The Bertz CT molecular complexity index is 636. The van der Waals surface area contributed by atoms with Gasteiger partial charge in [-0.15, -0.1) is 0 Å². The van der Waals surface area contributed by atoms with E-state index in [4.69, 9.17) is 4.74 Å². The van der Waals surface area contributed by atoms with Gasteiger partial charge in [-0.3, -0.25) is 4.79 Å². The fourth-order valence-electron chi connectivity index (χ4n) is 6.22. The fraction of sp³-hybridized carbons (Fsp3) is 0.950. The first-order valence-electron chi connectivity index (χ1n) is 10.2. The number of hydrogen-bond acceptors (Lipinski definition) is 3. The first kappa shape index (κ1) is 22.7. The molecule has 0 aromatic heterocycles. The van der Waals surface area contributed by atoms with Crippen LogP contribution in [0, 0.1) is 29.1 Å². The maximum Gasteiger partial charge on any atom is 0.430 e. The van der Waals surface area contributed by atoms with Crippen molar-refractivity contribution in [3.63, 3.8) is 0 Å². The summed E-state index contributed by atoms with van der Waals surface area (Å²) in [6.07, 6.45) is -11.9. The van der Waals surface area contributed by atoms with Crippen molar-refractivity contribution in [1.29, 1.82) is 0 Å². The van der Waals surface area contributed by atoms with Crippen molar-refractivity contribution in [2.45, 2.75) is 89.3 Å². The lowest BCUT2D eigenvalue weighted by molar-refractivity contribution is -0.416. The van der Waals surface area contributed by atoms with Crippen LogP contribution in [0.15, 0.2) is 0 Å². The lowest BCUT2D eigenvalue weighted by Gasteiger charge is -2.50. The molecular formula is C20H28F6O3. The molecule has 0 amide bonds. The number of hydrogen-bond donors (Lipinski definition) is 1. The summed E-state index contributed by atoms with van der Waals surface area (Å²) in [5.41, 5.74) is -9.30. The minimum Gasteiger partial charge on any atom is -0.455 e. The summed E-state index contributed by atoms with van der Waals surface area (Å²) in [5.74, 6) is -0.540. The number of rotatable bonds is 3. The van der Waals surface area contributed by atoms with Crippen molar-refractivity contribution in [2.75, 3.05) is 0 Å². The quantitative estimate of drug-likeness (QED) is 0.481. The van der Waals surface area contributed by atoms with E-state index in [-0.39, 0.29) is 30.6 Å². The number of ether oxygens (including phenoxy) is 1. The summed E-state index contributed by atoms with van der Waals surface area (Å²) in [6.45, 7) is 5.59. The maximum absolute atomic E-state index is 13.7. The summed E-state index contributed by atoms with van der Waals surface area (Å²) < 4.78 is 87.1. The Morgan fingerprint density at radius 1 is 0.966 bits per heavy atom. The van der Waals surface area contributed by atoms with E-state index in [9.17, 15) is 36.2 Å². The molecule has 3 nitrogen and oxygen atoms in total. The van der Waals surface area contributed by atoms with Gasteiger partial charge in [0.15, 0.2) is 5.60 Å². The van der Waals surface area contributed by atoms with Gasteiger partial charge in [0.05, 0.1) is 5.41 Å². The highest BCUT2D eigenvalue weighted by Crippen LogP contribution is 2.63. The molecule has 9 heteroatoms. The van der Waals surface area contributed by atoms with E-state index in [1.165, 1.54) is 0 Å². The van der Waals surface area contributed by atoms with E-state index in [1.807, 2.05) is 6.92 Å². The second-order valence-electron chi connectivity index (χ2n) is 9.59. The van der Waals surface area contributed by atoms with E-state index < -0.39 is 47.8 Å². The second-order valence-corrected chi connectivity index (χ2v) is 9.59. The molecule has 0 aromatic carbocycles. The van der Waals surface area contributed by atoms with Gasteiger partial charge in [-0.2, -0.15) is 26.3 Å². The summed E-state index contributed by atoms with van der Waals surface area (Å²) in [4.78, 5) is 13.1. The molecule has 0 aromatic rings. The Morgan fingerprint density at radius 2 is 1.48 bits per heavy atom. The van der Waals surface area contributed by atoms with Gasteiger partial charge in [0.25, 0.3) is 5.60 Å². The molecule has 0 aliphatic heterocycles. The zero-order valence-electron chi connectivity index (χ0n) is 16.8. The van der Waals surface area contributed by atoms with Crippen LogP contribution in [-0.4, -0.2) is 34.6 Å². The fourth-order valence-corrected chi connectivity index (χ4v) is 6.22. The van der Waals surface area contributed by atoms with Crippen LogP contribution < -0.4 is 0 Å². The van der Waals surface area contributed by atoms with E-state index in [0.717, 1.165) is 0 Å². The van der Waals surface area contributed by atoms with Crippen molar-refractivity contribution in [3.05, 3.63) is 0 Å². The molecule has 168 valence electrons. The van der Waals surface area contributed by atoms with E-state index in [2.05, 4.69) is 6.92 Å². The number of halogens is 6. The Balaban J connectivity index is 1.99. The smallest absolute Gasteiger partial charge is 0.430 e. The number of alkyl halides is 6. The average Bonchev–Trinajstić information content (AvgIpc) is 3.09. The van der Waals surface area contributed by atoms with Crippen molar-refractivity contribution in [1.82, 2.24) is 0 Å². The predicted octanol–water partition coefficient (Wildman–Crippen LogP) is 5.41. The van der Waals surface area contributed by atoms with Gasteiger partial charge >= 0.3 is 18.3 Å². The Morgan fingerprint density at radius 3 is 1.90 bits per heavy atom. The summed E-state index contributed by atoms with van der Waals surface area (Å²) in [7, 11) is 0. The molecule has 3 fully saturated rings. The summed E-state index contributed by atoms with van der Waals surface area (Å²) in [6, 6.07) is 0. The number of esters is 1. The molecule has 3 saturated carbocycles. The Kier molecular flexibility index (Phi) is 5.29. The van der Waals surface area contributed by atoms with Crippen LogP contribution in [0.1, 0.15) is 65.7 Å². The van der Waals surface area contributed by atoms with Gasteiger partial charge in [-0.25, -0.2) is 0 Å². The van der Waals surface area contributed by atoms with Gasteiger partial charge in [0, 0.05) is 0 Å². The molecule has 0 heterocycles. The monoisotopic (exact) mass is 430 g/mol. The molecule has 5 atom stereocenters. The molecule has 0 radical (unpaired) electrons. The number of fused-ring (bicyclic) bond motifs is 2. The second kappa shape index (κ2) is 6.76. The van der Waals surface area contributed by atoms with Crippen LogP contribution >= 0.6 is 0 Å². The van der Waals surface area contributed by atoms with Crippen LogP contribution in [0.5, 0.6) is 0 Å². The molecule has 5 unspecified atom stereocenters. The first-order chi connectivity index (χ1) is 13.1. The molecule has 3 aliphatic rings. The highest BCUT2D eigenvalue weighted by Gasteiger charge is 2.81. The van der Waals surface area contributed by atoms with Crippen molar-refractivity contribution >= 4 is 5.97 Å². The molecule has 3 rings (SSSR count). The number of aliphatic hydroxyl groups is 1. The zero-order chi connectivity index (χ0) is 22.0. The molecule has 0 spiro atoms. The van der Waals surface area contributed by atoms with Gasteiger partial charge in [-0.05, 0) is 69.1 Å². The van der Waals surface area contributed by atoms with Gasteiger partial charge in [0.2, 0.25) is 0 Å². The van der Waals surface area contributed by atoms with E-state index in [1.54, 1.807) is 6.92 Å². The molecule has 0 saturated heterocycles. The Labute approximate surface area is 166 Å². The maximum atomic E-state index is 13.7. The van der Waals surface area contributed by atoms with E-state index in [0.29, 0.717) is 25.2 Å². The van der Waals surface area contributed by atoms with Gasteiger partial charge < -0.3 is 9.84 Å². The minimum absolute atomic E-state index is 0.0119. The number of carbonyl (C=O) groups excluding carboxylic acids is 1. The molecule has 2 bridgehead atoms. The number of carbonyl (C=O) groups is 1. The highest BCUT2D eigenvalue weighted by atomic mass is 19.4. The third-order valence-electron chi connectivity index (χ3n) is 8.16. The lowest BCUT2D eigenvalue weighted by atomic mass is 9.66. The first-order valence-corrected chi connectivity index (χ1v) is 10.2. The Hall–Kier alpha value is -0.990. The summed E-state index contributed by atoms with van der Waals surface area (Å²) in [5, 5.41) is 10.1. The molecule has 29 heavy (non-hydrogen) atoms. The normalized spacial score (nSPS) is 37.6. The SMILES string of the molecule is CC1C2CC(C1C)C(C)(C(=O)OC1(C(O)(C(F)(F)F)C(F)(F)F)CCCCC1)C2. The van der Waals surface area contributed by atoms with Crippen LogP contribution in [0.4, 0.5) is 26.3 Å². The predicted molar refractivity (Wildman–Crippen MR) is 91.6 cm³/mol. The van der Waals surface area contributed by atoms with Crippen molar-refractivity contribution in [3.8, 4) is 0 Å². The van der Waals surface area contributed by atoms with E-state index >= 15 is 0 Å².